The molecule has 0 heterocycles. The minimum absolute atomic E-state index is 0.238. The van der Waals surface area contributed by atoms with Crippen LogP contribution in [0.5, 0.6) is 0 Å². The molecule has 1 aliphatic carbocycles. The first-order chi connectivity index (χ1) is 6.06. The molecule has 78 valence electrons. The summed E-state index contributed by atoms with van der Waals surface area (Å²) in [4.78, 5) is 0. The second kappa shape index (κ2) is 4.43. The van der Waals surface area contributed by atoms with Crippen molar-refractivity contribution in [1.82, 2.24) is 5.32 Å². The van der Waals surface area contributed by atoms with E-state index in [-0.39, 0.29) is 12.6 Å². The van der Waals surface area contributed by atoms with Gasteiger partial charge in [0.15, 0.2) is 0 Å². The molecular formula is C11H23NO. The average Bonchev–Trinajstić information content (AvgIpc) is 2.08. The number of aliphatic hydroxyl groups excluding tert-OH is 1. The minimum atomic E-state index is 0.238. The predicted octanol–water partition coefficient (Wildman–Crippen LogP) is 1.93. The summed E-state index contributed by atoms with van der Waals surface area (Å²) >= 11 is 0. The zero-order valence-electron chi connectivity index (χ0n) is 9.14. The molecule has 1 aliphatic rings. The summed E-state index contributed by atoms with van der Waals surface area (Å²) in [6.45, 7) is 6.94. The van der Waals surface area contributed by atoms with Crippen LogP contribution < -0.4 is 5.32 Å². The van der Waals surface area contributed by atoms with Crippen LogP contribution in [-0.4, -0.2) is 23.8 Å². The zero-order chi connectivity index (χ0) is 9.90. The third kappa shape index (κ3) is 2.96. The molecule has 0 aromatic carbocycles. The summed E-state index contributed by atoms with van der Waals surface area (Å²) in [7, 11) is 0. The summed E-state index contributed by atoms with van der Waals surface area (Å²) < 4.78 is 0. The fourth-order valence-corrected chi connectivity index (χ4v) is 2.20. The molecule has 2 atom stereocenters. The zero-order valence-corrected chi connectivity index (χ0v) is 9.14. The summed E-state index contributed by atoms with van der Waals surface area (Å²) in [5, 5.41) is 12.5. The average molecular weight is 185 g/mol. The molecule has 2 nitrogen and oxygen atoms in total. The van der Waals surface area contributed by atoms with E-state index in [1.165, 1.54) is 25.7 Å². The lowest BCUT2D eigenvalue weighted by atomic mass is 9.73. The van der Waals surface area contributed by atoms with Crippen molar-refractivity contribution in [3.05, 3.63) is 0 Å². The molecule has 0 aromatic rings. The van der Waals surface area contributed by atoms with Crippen LogP contribution in [0.25, 0.3) is 0 Å². The quantitative estimate of drug-likeness (QED) is 0.704. The van der Waals surface area contributed by atoms with Gasteiger partial charge in [-0.3, -0.25) is 0 Å². The summed E-state index contributed by atoms with van der Waals surface area (Å²) in [6, 6.07) is 0.825. The number of nitrogens with one attached hydrogen (secondary N) is 1. The SMILES string of the molecule is CC(CO)NC1CCCCC1(C)C. The first kappa shape index (κ1) is 11.0. The Hall–Kier alpha value is -0.0800. The van der Waals surface area contributed by atoms with Gasteiger partial charge >= 0.3 is 0 Å². The fraction of sp³-hybridized carbons (Fsp3) is 1.00. The summed E-state index contributed by atoms with van der Waals surface area (Å²) in [5.74, 6) is 0. The van der Waals surface area contributed by atoms with E-state index in [4.69, 9.17) is 5.11 Å². The second-order valence-electron chi connectivity index (χ2n) is 5.04. The number of hydrogen-bond donors (Lipinski definition) is 2. The molecule has 0 bridgehead atoms. The van der Waals surface area contributed by atoms with Crippen molar-refractivity contribution in [3.63, 3.8) is 0 Å². The fourth-order valence-electron chi connectivity index (χ4n) is 2.20. The van der Waals surface area contributed by atoms with Crippen molar-refractivity contribution >= 4 is 0 Å². The van der Waals surface area contributed by atoms with Crippen molar-refractivity contribution in [1.29, 1.82) is 0 Å². The van der Waals surface area contributed by atoms with E-state index in [1.807, 2.05) is 6.92 Å². The van der Waals surface area contributed by atoms with Gasteiger partial charge in [-0.25, -0.2) is 0 Å². The first-order valence-corrected chi connectivity index (χ1v) is 5.43. The molecule has 2 N–H and O–H groups in total. The van der Waals surface area contributed by atoms with Gasteiger partial charge in [-0.1, -0.05) is 26.7 Å². The van der Waals surface area contributed by atoms with Crippen molar-refractivity contribution in [2.45, 2.75) is 58.5 Å². The number of rotatable bonds is 3. The van der Waals surface area contributed by atoms with Crippen LogP contribution in [0.3, 0.4) is 0 Å². The van der Waals surface area contributed by atoms with Crippen LogP contribution in [0.4, 0.5) is 0 Å². The van der Waals surface area contributed by atoms with E-state index in [9.17, 15) is 0 Å². The molecule has 1 rings (SSSR count). The lowest BCUT2D eigenvalue weighted by Gasteiger charge is -2.40. The normalized spacial score (nSPS) is 30.0. The van der Waals surface area contributed by atoms with Crippen molar-refractivity contribution in [3.8, 4) is 0 Å². The molecule has 0 amide bonds. The van der Waals surface area contributed by atoms with Crippen LogP contribution in [0.1, 0.15) is 46.5 Å². The molecule has 1 fully saturated rings. The second-order valence-corrected chi connectivity index (χ2v) is 5.04. The molecule has 0 saturated heterocycles. The minimum Gasteiger partial charge on any atom is -0.395 e. The Kier molecular flexibility index (Phi) is 3.74. The van der Waals surface area contributed by atoms with Gasteiger partial charge in [0.05, 0.1) is 6.61 Å². The Balaban J connectivity index is 2.46. The highest BCUT2D eigenvalue weighted by atomic mass is 16.3. The number of hydrogen-bond acceptors (Lipinski definition) is 2. The molecule has 0 aromatic heterocycles. The first-order valence-electron chi connectivity index (χ1n) is 5.43. The van der Waals surface area contributed by atoms with Gasteiger partial charge in [0.1, 0.15) is 0 Å². The summed E-state index contributed by atoms with van der Waals surface area (Å²) in [5.41, 5.74) is 0.404. The van der Waals surface area contributed by atoms with Gasteiger partial charge in [0.25, 0.3) is 0 Å². The van der Waals surface area contributed by atoms with E-state index in [0.29, 0.717) is 11.5 Å². The Morgan fingerprint density at radius 2 is 2.15 bits per heavy atom. The largest absolute Gasteiger partial charge is 0.395 e. The van der Waals surface area contributed by atoms with Crippen LogP contribution in [0.15, 0.2) is 0 Å². The third-order valence-corrected chi connectivity index (χ3v) is 3.27. The molecule has 1 saturated carbocycles. The van der Waals surface area contributed by atoms with Crippen LogP contribution in [0.2, 0.25) is 0 Å². The van der Waals surface area contributed by atoms with Crippen molar-refractivity contribution in [2.24, 2.45) is 5.41 Å². The molecule has 0 aliphatic heterocycles. The molecule has 0 spiro atoms. The molecule has 13 heavy (non-hydrogen) atoms. The molecular weight excluding hydrogens is 162 g/mol. The van der Waals surface area contributed by atoms with Crippen LogP contribution in [-0.2, 0) is 0 Å². The lowest BCUT2D eigenvalue weighted by molar-refractivity contribution is 0.139. The topological polar surface area (TPSA) is 32.3 Å². The van der Waals surface area contributed by atoms with E-state index < -0.39 is 0 Å². The van der Waals surface area contributed by atoms with E-state index in [2.05, 4.69) is 19.2 Å². The highest BCUT2D eigenvalue weighted by Crippen LogP contribution is 2.35. The molecule has 2 heteroatoms. The highest BCUT2D eigenvalue weighted by Gasteiger charge is 2.32. The molecule has 0 radical (unpaired) electrons. The maximum absolute atomic E-state index is 8.97. The Morgan fingerprint density at radius 3 is 2.69 bits per heavy atom. The Morgan fingerprint density at radius 1 is 1.46 bits per heavy atom. The third-order valence-electron chi connectivity index (χ3n) is 3.27. The Labute approximate surface area is 81.7 Å². The maximum Gasteiger partial charge on any atom is 0.0582 e. The molecule has 2 unspecified atom stereocenters. The monoisotopic (exact) mass is 185 g/mol. The standard InChI is InChI=1S/C11H23NO/c1-9(8-13)12-10-6-4-5-7-11(10,2)3/h9-10,12-13H,4-8H2,1-3H3. The van der Waals surface area contributed by atoms with E-state index in [0.717, 1.165) is 0 Å². The predicted molar refractivity (Wildman–Crippen MR) is 55.7 cm³/mol. The van der Waals surface area contributed by atoms with Gasteiger partial charge in [-0.05, 0) is 25.2 Å². The highest BCUT2D eigenvalue weighted by molar-refractivity contribution is 4.88. The lowest BCUT2D eigenvalue weighted by Crippen LogP contribution is -2.48. The smallest absolute Gasteiger partial charge is 0.0582 e. The van der Waals surface area contributed by atoms with Gasteiger partial charge in [-0.15, -0.1) is 0 Å². The van der Waals surface area contributed by atoms with E-state index >= 15 is 0 Å². The van der Waals surface area contributed by atoms with Gasteiger partial charge in [0.2, 0.25) is 0 Å². The van der Waals surface area contributed by atoms with Gasteiger partial charge in [0, 0.05) is 12.1 Å². The van der Waals surface area contributed by atoms with Gasteiger partial charge in [-0.2, -0.15) is 0 Å². The number of aliphatic hydroxyl groups is 1. The Bertz CT molecular complexity index is 156. The van der Waals surface area contributed by atoms with Crippen molar-refractivity contribution in [2.75, 3.05) is 6.61 Å². The summed E-state index contributed by atoms with van der Waals surface area (Å²) in [6.07, 6.45) is 5.26. The van der Waals surface area contributed by atoms with E-state index in [1.54, 1.807) is 0 Å². The maximum atomic E-state index is 8.97. The van der Waals surface area contributed by atoms with Gasteiger partial charge < -0.3 is 10.4 Å². The van der Waals surface area contributed by atoms with Crippen LogP contribution in [0, 0.1) is 5.41 Å². The van der Waals surface area contributed by atoms with Crippen molar-refractivity contribution < 1.29 is 5.11 Å². The van der Waals surface area contributed by atoms with Crippen LogP contribution >= 0.6 is 0 Å².